The third kappa shape index (κ3) is 4.34. The van der Waals surface area contributed by atoms with E-state index in [2.05, 4.69) is 5.32 Å². The highest BCUT2D eigenvalue weighted by Gasteiger charge is 2.33. The molecule has 0 aliphatic heterocycles. The Hall–Kier alpha value is -2.90. The van der Waals surface area contributed by atoms with Crippen LogP contribution in [0.1, 0.15) is 24.2 Å². The molecule has 2 amide bonds. The number of para-hydroxylation sites is 1. The summed E-state index contributed by atoms with van der Waals surface area (Å²) in [4.78, 5) is 24.1. The van der Waals surface area contributed by atoms with Gasteiger partial charge in [-0.1, -0.05) is 30.3 Å². The summed E-state index contributed by atoms with van der Waals surface area (Å²) in [5, 5.41) is 11.4. The van der Waals surface area contributed by atoms with Crippen LogP contribution in [0.2, 0.25) is 0 Å². The van der Waals surface area contributed by atoms with E-state index in [1.54, 1.807) is 44.2 Å². The van der Waals surface area contributed by atoms with Crippen molar-refractivity contribution in [3.05, 3.63) is 54.1 Å². The Labute approximate surface area is 146 Å². The fraction of sp³-hybridized carbons (Fsp3) is 0.222. The van der Waals surface area contributed by atoms with Gasteiger partial charge in [0.1, 0.15) is 6.04 Å². The molecule has 0 aliphatic carbocycles. The average Bonchev–Trinajstić information content (AvgIpc) is 2.58. The molecule has 7 N–H and O–H groups in total. The number of hydrogen-bond acceptors (Lipinski definition) is 5. The van der Waals surface area contributed by atoms with Crippen molar-refractivity contribution in [2.24, 2.45) is 5.73 Å². The number of carbonyl (C=O) groups is 2. The Kier molecular flexibility index (Phi) is 5.41. The van der Waals surface area contributed by atoms with Crippen molar-refractivity contribution < 1.29 is 14.8 Å². The minimum Gasteiger partial charge on any atom is -0.398 e. The number of benzene rings is 2. The zero-order chi connectivity index (χ0) is 18.6. The summed E-state index contributed by atoms with van der Waals surface area (Å²) in [6.45, 7) is 3.16. The number of rotatable bonds is 5. The van der Waals surface area contributed by atoms with Crippen molar-refractivity contribution in [3.8, 4) is 11.1 Å². The zero-order valence-electron chi connectivity index (χ0n) is 14.1. The lowest BCUT2D eigenvalue weighted by Crippen LogP contribution is -2.61. The molecule has 0 bridgehead atoms. The van der Waals surface area contributed by atoms with E-state index < -0.39 is 23.4 Å². The molecule has 0 saturated heterocycles. The number of nitrogen functional groups attached to an aromatic ring is 1. The fourth-order valence-corrected chi connectivity index (χ4v) is 2.43. The summed E-state index contributed by atoms with van der Waals surface area (Å²) in [6.07, 6.45) is 0. The predicted molar refractivity (Wildman–Crippen MR) is 95.7 cm³/mol. The van der Waals surface area contributed by atoms with E-state index in [0.717, 1.165) is 11.1 Å². The highest BCUT2D eigenvalue weighted by Crippen LogP contribution is 2.25. The highest BCUT2D eigenvalue weighted by atomic mass is 16.5. The summed E-state index contributed by atoms with van der Waals surface area (Å²) < 4.78 is 0. The SMILES string of the molecule is CC(C)(N)[C@H](NC(=O)c1ccc(-c2ccccc2N)cc1)C(=O)NO. The topological polar surface area (TPSA) is 130 Å². The molecule has 7 heteroatoms. The first-order chi connectivity index (χ1) is 11.7. The van der Waals surface area contributed by atoms with E-state index in [0.29, 0.717) is 11.3 Å². The third-order valence-electron chi connectivity index (χ3n) is 3.81. The van der Waals surface area contributed by atoms with Gasteiger partial charge in [0.2, 0.25) is 0 Å². The normalized spacial score (nSPS) is 12.3. The molecule has 0 spiro atoms. The van der Waals surface area contributed by atoms with Gasteiger partial charge < -0.3 is 16.8 Å². The molecule has 0 aliphatic rings. The second kappa shape index (κ2) is 7.33. The summed E-state index contributed by atoms with van der Waals surface area (Å²) in [7, 11) is 0. The quantitative estimate of drug-likeness (QED) is 0.317. The Balaban J connectivity index is 2.20. The van der Waals surface area contributed by atoms with Gasteiger partial charge in [0, 0.05) is 22.4 Å². The standard InChI is InChI=1S/C18H22N4O3/c1-18(2,20)15(17(24)22-25)21-16(23)12-9-7-11(8-10-12)13-5-3-4-6-14(13)19/h3-10,15,25H,19-20H2,1-2H3,(H,21,23)(H,22,24)/t15-/m1/s1. The first kappa shape index (κ1) is 18.4. The number of nitrogens with one attached hydrogen (secondary N) is 2. The van der Waals surface area contributed by atoms with Crippen molar-refractivity contribution in [1.82, 2.24) is 10.8 Å². The summed E-state index contributed by atoms with van der Waals surface area (Å²) in [5.74, 6) is -1.26. The smallest absolute Gasteiger partial charge is 0.267 e. The molecule has 0 heterocycles. The Morgan fingerprint density at radius 1 is 1.08 bits per heavy atom. The van der Waals surface area contributed by atoms with Crippen LogP contribution in [-0.4, -0.2) is 28.6 Å². The maximum atomic E-state index is 12.4. The average molecular weight is 342 g/mol. The lowest BCUT2D eigenvalue weighted by Gasteiger charge is -2.29. The van der Waals surface area contributed by atoms with Gasteiger partial charge in [-0.25, -0.2) is 5.48 Å². The van der Waals surface area contributed by atoms with Gasteiger partial charge in [0.15, 0.2) is 0 Å². The van der Waals surface area contributed by atoms with Crippen LogP contribution in [0, 0.1) is 0 Å². The molecule has 25 heavy (non-hydrogen) atoms. The maximum Gasteiger partial charge on any atom is 0.267 e. The predicted octanol–water partition coefficient (Wildman–Crippen LogP) is 1.28. The van der Waals surface area contributed by atoms with E-state index in [1.807, 2.05) is 18.2 Å². The molecule has 132 valence electrons. The molecule has 0 radical (unpaired) electrons. The lowest BCUT2D eigenvalue weighted by atomic mass is 9.94. The zero-order valence-corrected chi connectivity index (χ0v) is 14.1. The molecule has 1 atom stereocenters. The molecule has 0 aromatic heterocycles. The van der Waals surface area contributed by atoms with E-state index in [9.17, 15) is 9.59 Å². The Morgan fingerprint density at radius 2 is 1.68 bits per heavy atom. The monoisotopic (exact) mass is 342 g/mol. The van der Waals surface area contributed by atoms with Gasteiger partial charge in [0.25, 0.3) is 11.8 Å². The molecule has 0 unspecified atom stereocenters. The van der Waals surface area contributed by atoms with E-state index in [4.69, 9.17) is 16.7 Å². The second-order valence-electron chi connectivity index (χ2n) is 6.37. The van der Waals surface area contributed by atoms with Crippen LogP contribution in [0.3, 0.4) is 0 Å². The molecule has 0 fully saturated rings. The third-order valence-corrected chi connectivity index (χ3v) is 3.81. The number of carbonyl (C=O) groups excluding carboxylic acids is 2. The minimum atomic E-state index is -1.09. The summed E-state index contributed by atoms with van der Waals surface area (Å²) in [5.41, 5.74) is 15.1. The molecule has 2 aromatic rings. The van der Waals surface area contributed by atoms with Crippen molar-refractivity contribution in [2.75, 3.05) is 5.73 Å². The number of hydrogen-bond donors (Lipinski definition) is 5. The van der Waals surface area contributed by atoms with E-state index in [1.165, 1.54) is 5.48 Å². The molecular formula is C18H22N4O3. The largest absolute Gasteiger partial charge is 0.398 e. The molecule has 2 aromatic carbocycles. The molecular weight excluding hydrogens is 320 g/mol. The highest BCUT2D eigenvalue weighted by molar-refractivity contribution is 5.98. The van der Waals surface area contributed by atoms with E-state index >= 15 is 0 Å². The number of nitrogens with two attached hydrogens (primary N) is 2. The van der Waals surface area contributed by atoms with Gasteiger partial charge in [-0.3, -0.25) is 14.8 Å². The van der Waals surface area contributed by atoms with E-state index in [-0.39, 0.29) is 0 Å². The van der Waals surface area contributed by atoms with Gasteiger partial charge in [-0.2, -0.15) is 0 Å². The van der Waals surface area contributed by atoms with Crippen LogP contribution in [0.15, 0.2) is 48.5 Å². The van der Waals surface area contributed by atoms with Crippen molar-refractivity contribution >= 4 is 17.5 Å². The second-order valence-corrected chi connectivity index (χ2v) is 6.37. The van der Waals surface area contributed by atoms with Crippen LogP contribution in [0.4, 0.5) is 5.69 Å². The van der Waals surface area contributed by atoms with Crippen LogP contribution >= 0.6 is 0 Å². The van der Waals surface area contributed by atoms with Gasteiger partial charge in [-0.15, -0.1) is 0 Å². The maximum absolute atomic E-state index is 12.4. The van der Waals surface area contributed by atoms with Crippen LogP contribution < -0.4 is 22.3 Å². The first-order valence-corrected chi connectivity index (χ1v) is 7.72. The summed E-state index contributed by atoms with van der Waals surface area (Å²) in [6, 6.07) is 13.2. The Bertz CT molecular complexity index is 767. The van der Waals surface area contributed by atoms with Gasteiger partial charge >= 0.3 is 0 Å². The van der Waals surface area contributed by atoms with Crippen molar-refractivity contribution in [2.45, 2.75) is 25.4 Å². The summed E-state index contributed by atoms with van der Waals surface area (Å²) >= 11 is 0. The van der Waals surface area contributed by atoms with Crippen molar-refractivity contribution in [1.29, 1.82) is 0 Å². The van der Waals surface area contributed by atoms with Crippen LogP contribution in [0.5, 0.6) is 0 Å². The van der Waals surface area contributed by atoms with Crippen LogP contribution in [0.25, 0.3) is 11.1 Å². The first-order valence-electron chi connectivity index (χ1n) is 7.72. The van der Waals surface area contributed by atoms with Gasteiger partial charge in [0.05, 0.1) is 0 Å². The Morgan fingerprint density at radius 3 is 2.20 bits per heavy atom. The molecule has 7 nitrogen and oxygen atoms in total. The molecule has 2 rings (SSSR count). The fourth-order valence-electron chi connectivity index (χ4n) is 2.43. The van der Waals surface area contributed by atoms with Crippen LogP contribution in [-0.2, 0) is 4.79 Å². The number of amides is 2. The minimum absolute atomic E-state index is 0.359. The lowest BCUT2D eigenvalue weighted by molar-refractivity contribution is -0.132. The van der Waals surface area contributed by atoms with Crippen molar-refractivity contribution in [3.63, 3.8) is 0 Å². The number of hydroxylamine groups is 1. The number of anilines is 1. The van der Waals surface area contributed by atoms with Gasteiger partial charge in [-0.05, 0) is 37.6 Å². The molecule has 0 saturated carbocycles.